The number of hydrogen-bond acceptors (Lipinski definition) is 3. The van der Waals surface area contributed by atoms with Gasteiger partial charge in [-0.15, -0.1) is 11.3 Å². The highest BCUT2D eigenvalue weighted by atomic mass is 32.1. The Kier molecular flexibility index (Phi) is 3.78. The zero-order valence-electron chi connectivity index (χ0n) is 18.6. The van der Waals surface area contributed by atoms with Gasteiger partial charge in [-0.1, -0.05) is 54.6 Å². The van der Waals surface area contributed by atoms with Gasteiger partial charge in [0, 0.05) is 37.6 Å². The Hall–Kier alpha value is -4.48. The van der Waals surface area contributed by atoms with Crippen molar-refractivity contribution in [2.45, 2.75) is 0 Å². The summed E-state index contributed by atoms with van der Waals surface area (Å²) in [7, 11) is 0. The fourth-order valence-electron chi connectivity index (χ4n) is 5.42. The van der Waals surface area contributed by atoms with E-state index in [1.807, 2.05) is 17.5 Å². The van der Waals surface area contributed by atoms with Crippen LogP contribution in [0, 0.1) is 0 Å². The van der Waals surface area contributed by atoms with Crippen molar-refractivity contribution < 1.29 is 0 Å². The first kappa shape index (κ1) is 18.9. The minimum atomic E-state index is 0.999. The molecule has 0 unspecified atom stereocenters. The molecule has 5 heteroatoms. The largest absolute Gasteiger partial charge is 0.309 e. The number of hydrogen-bond donors (Lipinski definition) is 0. The standard InChI is InChI=1S/C30H18N4S/c1-2-8-19(9-3-1)33-24-12-6-4-10-21(24)23-16-20(14-15-25(23)33)34-26-17-31-18-32-29(26)28-22-11-5-7-13-27(22)35-30(28)34/h1-18H. The van der Waals surface area contributed by atoms with Crippen LogP contribution in [0.15, 0.2) is 110 Å². The molecule has 4 nitrogen and oxygen atoms in total. The molecule has 0 aliphatic carbocycles. The lowest BCUT2D eigenvalue weighted by molar-refractivity contribution is 1.15. The van der Waals surface area contributed by atoms with E-state index in [0.717, 1.165) is 22.4 Å². The van der Waals surface area contributed by atoms with Crippen molar-refractivity contribution in [1.29, 1.82) is 0 Å². The molecule has 164 valence electrons. The van der Waals surface area contributed by atoms with Gasteiger partial charge in [-0.2, -0.15) is 0 Å². The quantitative estimate of drug-likeness (QED) is 0.260. The van der Waals surface area contributed by atoms with Crippen LogP contribution in [-0.4, -0.2) is 19.1 Å². The molecule has 0 spiro atoms. The van der Waals surface area contributed by atoms with Crippen molar-refractivity contribution in [2.24, 2.45) is 0 Å². The lowest BCUT2D eigenvalue weighted by Crippen LogP contribution is -1.95. The average Bonchev–Trinajstić information content (AvgIpc) is 3.55. The Morgan fingerprint density at radius 3 is 2.29 bits per heavy atom. The van der Waals surface area contributed by atoms with Crippen molar-refractivity contribution >= 4 is 64.5 Å². The zero-order chi connectivity index (χ0) is 22.9. The predicted molar refractivity (Wildman–Crippen MR) is 146 cm³/mol. The normalized spacial score (nSPS) is 12.0. The number of rotatable bonds is 2. The van der Waals surface area contributed by atoms with E-state index < -0.39 is 0 Å². The summed E-state index contributed by atoms with van der Waals surface area (Å²) in [5, 5.41) is 4.93. The van der Waals surface area contributed by atoms with Crippen LogP contribution in [-0.2, 0) is 0 Å². The Bertz CT molecular complexity index is 2060. The number of thiophene rings is 1. The van der Waals surface area contributed by atoms with Gasteiger partial charge in [0.15, 0.2) is 0 Å². The Labute approximate surface area is 204 Å². The van der Waals surface area contributed by atoms with Crippen LogP contribution in [0.4, 0.5) is 0 Å². The molecule has 0 saturated carbocycles. The monoisotopic (exact) mass is 466 g/mol. The van der Waals surface area contributed by atoms with Gasteiger partial charge in [0.1, 0.15) is 16.7 Å². The highest BCUT2D eigenvalue weighted by molar-refractivity contribution is 7.25. The van der Waals surface area contributed by atoms with Crippen molar-refractivity contribution in [3.8, 4) is 11.4 Å². The van der Waals surface area contributed by atoms with Gasteiger partial charge < -0.3 is 4.57 Å². The molecule has 8 aromatic rings. The molecule has 0 saturated heterocycles. The van der Waals surface area contributed by atoms with Gasteiger partial charge in [0.05, 0.1) is 22.7 Å². The molecule has 4 aromatic carbocycles. The van der Waals surface area contributed by atoms with E-state index in [0.29, 0.717) is 0 Å². The number of benzene rings is 4. The van der Waals surface area contributed by atoms with E-state index in [9.17, 15) is 0 Å². The molecule has 0 aliphatic rings. The average molecular weight is 467 g/mol. The molecule has 8 rings (SSSR count). The fraction of sp³-hybridized carbons (Fsp3) is 0. The van der Waals surface area contributed by atoms with Crippen LogP contribution < -0.4 is 0 Å². The number of aromatic nitrogens is 4. The van der Waals surface area contributed by atoms with E-state index in [1.165, 1.54) is 42.1 Å². The second kappa shape index (κ2) is 7.01. The summed E-state index contributed by atoms with van der Waals surface area (Å²) in [6.07, 6.45) is 3.58. The first-order valence-electron chi connectivity index (χ1n) is 11.6. The second-order valence-electron chi connectivity index (χ2n) is 8.76. The summed E-state index contributed by atoms with van der Waals surface area (Å²) < 4.78 is 5.94. The van der Waals surface area contributed by atoms with E-state index in [2.05, 4.69) is 111 Å². The minimum absolute atomic E-state index is 0.999. The first-order chi connectivity index (χ1) is 17.4. The second-order valence-corrected chi connectivity index (χ2v) is 9.79. The first-order valence-corrected chi connectivity index (χ1v) is 12.4. The maximum Gasteiger partial charge on any atom is 0.116 e. The fourth-order valence-corrected chi connectivity index (χ4v) is 6.66. The van der Waals surface area contributed by atoms with Crippen LogP contribution in [0.5, 0.6) is 0 Å². The molecule has 0 amide bonds. The summed E-state index contributed by atoms with van der Waals surface area (Å²) in [6.45, 7) is 0. The van der Waals surface area contributed by atoms with E-state index in [4.69, 9.17) is 4.98 Å². The summed E-state index contributed by atoms with van der Waals surface area (Å²) in [6, 6.07) is 34.6. The third-order valence-electron chi connectivity index (χ3n) is 6.88. The molecular weight excluding hydrogens is 448 g/mol. The van der Waals surface area contributed by atoms with Crippen molar-refractivity contribution in [2.75, 3.05) is 0 Å². The Morgan fingerprint density at radius 1 is 0.600 bits per heavy atom. The number of nitrogens with zero attached hydrogens (tertiary/aromatic N) is 4. The molecular formula is C30H18N4S. The zero-order valence-corrected chi connectivity index (χ0v) is 19.4. The third-order valence-corrected chi connectivity index (χ3v) is 8.04. The maximum absolute atomic E-state index is 4.70. The van der Waals surface area contributed by atoms with Crippen molar-refractivity contribution in [1.82, 2.24) is 19.1 Å². The van der Waals surface area contributed by atoms with Gasteiger partial charge in [-0.3, -0.25) is 4.57 Å². The minimum Gasteiger partial charge on any atom is -0.309 e. The molecule has 35 heavy (non-hydrogen) atoms. The third kappa shape index (κ3) is 2.56. The van der Waals surface area contributed by atoms with Gasteiger partial charge in [-0.25, -0.2) is 9.97 Å². The van der Waals surface area contributed by atoms with Crippen molar-refractivity contribution in [3.05, 3.63) is 110 Å². The topological polar surface area (TPSA) is 35.6 Å². The summed E-state index contributed by atoms with van der Waals surface area (Å²) in [4.78, 5) is 10.3. The van der Waals surface area contributed by atoms with E-state index in [-0.39, 0.29) is 0 Å². The number of para-hydroxylation sites is 2. The van der Waals surface area contributed by atoms with Gasteiger partial charge in [0.25, 0.3) is 0 Å². The van der Waals surface area contributed by atoms with E-state index in [1.54, 1.807) is 6.33 Å². The van der Waals surface area contributed by atoms with Crippen LogP contribution in [0.2, 0.25) is 0 Å². The summed E-state index contributed by atoms with van der Waals surface area (Å²) >= 11 is 1.81. The highest BCUT2D eigenvalue weighted by Crippen LogP contribution is 2.42. The molecule has 0 atom stereocenters. The molecule has 0 aliphatic heterocycles. The van der Waals surface area contributed by atoms with Crippen LogP contribution in [0.3, 0.4) is 0 Å². The van der Waals surface area contributed by atoms with E-state index >= 15 is 0 Å². The molecule has 0 fully saturated rings. The smallest absolute Gasteiger partial charge is 0.116 e. The SMILES string of the molecule is c1ccc(-n2c3ccccc3c3cc(-n4c5cncnc5c5c6ccccc6sc54)ccc32)cc1. The van der Waals surface area contributed by atoms with Gasteiger partial charge in [-0.05, 0) is 42.5 Å². The predicted octanol–water partition coefficient (Wildman–Crippen LogP) is 7.89. The van der Waals surface area contributed by atoms with Crippen LogP contribution >= 0.6 is 11.3 Å². The van der Waals surface area contributed by atoms with Crippen LogP contribution in [0.1, 0.15) is 0 Å². The summed E-state index contributed by atoms with van der Waals surface area (Å²) in [5.74, 6) is 0. The Balaban J connectivity index is 1.49. The number of fused-ring (bicyclic) bond motifs is 8. The summed E-state index contributed by atoms with van der Waals surface area (Å²) in [5.41, 5.74) is 6.72. The van der Waals surface area contributed by atoms with Crippen molar-refractivity contribution in [3.63, 3.8) is 0 Å². The molecule has 0 bridgehead atoms. The molecule has 0 radical (unpaired) electrons. The lowest BCUT2D eigenvalue weighted by Gasteiger charge is -2.09. The van der Waals surface area contributed by atoms with Crippen LogP contribution in [0.25, 0.3) is 64.5 Å². The van der Waals surface area contributed by atoms with Gasteiger partial charge >= 0.3 is 0 Å². The molecule has 4 aromatic heterocycles. The molecule has 0 N–H and O–H groups in total. The highest BCUT2D eigenvalue weighted by Gasteiger charge is 2.20. The Morgan fingerprint density at radius 2 is 1.37 bits per heavy atom. The van der Waals surface area contributed by atoms with Gasteiger partial charge in [0.2, 0.25) is 0 Å². The lowest BCUT2D eigenvalue weighted by atomic mass is 10.1. The maximum atomic E-state index is 4.70. The molecule has 4 heterocycles.